The summed E-state index contributed by atoms with van der Waals surface area (Å²) in [4.78, 5) is 4.31. The van der Waals surface area contributed by atoms with Gasteiger partial charge in [0.05, 0.1) is 0 Å². The highest BCUT2D eigenvalue weighted by atomic mass is 16.5. The molecule has 2 aromatic rings. The molecule has 1 aromatic heterocycles. The van der Waals surface area contributed by atoms with Gasteiger partial charge in [0.25, 0.3) is 0 Å². The number of fused-ring (bicyclic) bond motifs is 1. The Morgan fingerprint density at radius 2 is 2.05 bits per heavy atom. The van der Waals surface area contributed by atoms with Crippen molar-refractivity contribution in [1.82, 2.24) is 4.98 Å². The summed E-state index contributed by atoms with van der Waals surface area (Å²) in [5.74, 6) is 1.89. The summed E-state index contributed by atoms with van der Waals surface area (Å²) in [7, 11) is 0. The van der Waals surface area contributed by atoms with Crippen molar-refractivity contribution in [1.29, 1.82) is 0 Å². The Labute approximate surface area is 126 Å². The van der Waals surface area contributed by atoms with Crippen LogP contribution in [-0.4, -0.2) is 11.5 Å². The molecule has 21 heavy (non-hydrogen) atoms. The largest absolute Gasteiger partial charge is 0.489 e. The van der Waals surface area contributed by atoms with E-state index in [2.05, 4.69) is 41.5 Å². The molecule has 0 bridgehead atoms. The second-order valence-corrected chi connectivity index (χ2v) is 5.55. The van der Waals surface area contributed by atoms with Gasteiger partial charge in [0.1, 0.15) is 18.2 Å². The summed E-state index contributed by atoms with van der Waals surface area (Å²) < 4.78 is 5.92. The van der Waals surface area contributed by atoms with Gasteiger partial charge in [0.15, 0.2) is 0 Å². The van der Waals surface area contributed by atoms with Crippen molar-refractivity contribution >= 4 is 5.82 Å². The Bertz CT molecular complexity index is 610. The normalized spacial score (nSPS) is 13.0. The van der Waals surface area contributed by atoms with E-state index in [1.165, 1.54) is 30.4 Å². The minimum Gasteiger partial charge on any atom is -0.489 e. The van der Waals surface area contributed by atoms with E-state index in [1.54, 1.807) is 0 Å². The van der Waals surface area contributed by atoms with Gasteiger partial charge in [-0.15, -0.1) is 0 Å². The van der Waals surface area contributed by atoms with Crippen molar-refractivity contribution in [2.45, 2.75) is 39.2 Å². The summed E-state index contributed by atoms with van der Waals surface area (Å²) in [6.45, 7) is 3.68. The summed E-state index contributed by atoms with van der Waals surface area (Å²) in [5.41, 5.74) is 4.08. The molecule has 0 spiro atoms. The fourth-order valence-electron chi connectivity index (χ4n) is 2.72. The van der Waals surface area contributed by atoms with Crippen LogP contribution in [0.15, 0.2) is 36.5 Å². The van der Waals surface area contributed by atoms with E-state index in [0.29, 0.717) is 6.61 Å². The molecule has 0 radical (unpaired) electrons. The smallest absolute Gasteiger partial charge is 0.126 e. The molecule has 0 saturated carbocycles. The number of benzene rings is 1. The monoisotopic (exact) mass is 282 g/mol. The average molecular weight is 282 g/mol. The highest BCUT2D eigenvalue weighted by Crippen LogP contribution is 2.26. The molecule has 0 aliphatic heterocycles. The number of anilines is 1. The molecule has 1 heterocycles. The van der Waals surface area contributed by atoms with E-state index in [0.717, 1.165) is 30.1 Å². The minimum atomic E-state index is 0.585. The zero-order chi connectivity index (χ0) is 14.5. The number of hydrogen-bond donors (Lipinski definition) is 1. The molecule has 1 N–H and O–H groups in total. The first-order chi connectivity index (χ1) is 10.3. The molecule has 0 saturated heterocycles. The first-order valence-electron chi connectivity index (χ1n) is 7.78. The van der Waals surface area contributed by atoms with Gasteiger partial charge in [-0.05, 0) is 66.6 Å². The molecule has 110 valence electrons. The number of ether oxygens (including phenoxy) is 1. The van der Waals surface area contributed by atoms with Crippen LogP contribution in [0.4, 0.5) is 5.82 Å². The Kier molecular flexibility index (Phi) is 4.39. The van der Waals surface area contributed by atoms with E-state index < -0.39 is 0 Å². The number of nitrogens with zero attached hydrogens (tertiary/aromatic N) is 1. The Balaban J connectivity index is 1.62. The lowest BCUT2D eigenvalue weighted by Gasteiger charge is -2.10. The van der Waals surface area contributed by atoms with Gasteiger partial charge < -0.3 is 10.1 Å². The van der Waals surface area contributed by atoms with Crippen molar-refractivity contribution in [2.75, 3.05) is 11.9 Å². The Morgan fingerprint density at radius 3 is 2.95 bits per heavy atom. The summed E-state index contributed by atoms with van der Waals surface area (Å²) >= 11 is 0. The van der Waals surface area contributed by atoms with E-state index in [-0.39, 0.29) is 0 Å². The van der Waals surface area contributed by atoms with Crippen molar-refractivity contribution in [2.24, 2.45) is 0 Å². The Morgan fingerprint density at radius 1 is 1.14 bits per heavy atom. The lowest BCUT2D eigenvalue weighted by molar-refractivity contribution is 0.306. The summed E-state index contributed by atoms with van der Waals surface area (Å²) in [5, 5.41) is 3.30. The SMILES string of the molecule is CCCNc1cc(COc2ccc3c(c2)CCC3)ccn1. The van der Waals surface area contributed by atoms with Crippen molar-refractivity contribution in [3.63, 3.8) is 0 Å². The molecule has 1 aromatic carbocycles. The van der Waals surface area contributed by atoms with Crippen LogP contribution in [0.2, 0.25) is 0 Å². The third-order valence-corrected chi connectivity index (χ3v) is 3.86. The lowest BCUT2D eigenvalue weighted by Crippen LogP contribution is -2.03. The number of hydrogen-bond acceptors (Lipinski definition) is 3. The third kappa shape index (κ3) is 3.54. The van der Waals surface area contributed by atoms with E-state index >= 15 is 0 Å². The van der Waals surface area contributed by atoms with E-state index in [1.807, 2.05) is 12.3 Å². The summed E-state index contributed by atoms with van der Waals surface area (Å²) in [6, 6.07) is 10.5. The van der Waals surface area contributed by atoms with Crippen LogP contribution in [0, 0.1) is 0 Å². The maximum absolute atomic E-state index is 5.92. The zero-order valence-corrected chi connectivity index (χ0v) is 12.6. The second kappa shape index (κ2) is 6.61. The van der Waals surface area contributed by atoms with Gasteiger partial charge in [-0.1, -0.05) is 13.0 Å². The predicted octanol–water partition coefficient (Wildman–Crippen LogP) is 3.97. The fourth-order valence-corrected chi connectivity index (χ4v) is 2.72. The number of nitrogens with one attached hydrogen (secondary N) is 1. The van der Waals surface area contributed by atoms with E-state index in [9.17, 15) is 0 Å². The van der Waals surface area contributed by atoms with Gasteiger partial charge in [-0.2, -0.15) is 0 Å². The van der Waals surface area contributed by atoms with Crippen LogP contribution in [0.5, 0.6) is 5.75 Å². The highest BCUT2D eigenvalue weighted by Gasteiger charge is 2.11. The second-order valence-electron chi connectivity index (χ2n) is 5.55. The average Bonchev–Trinajstić information content (AvgIpc) is 2.99. The van der Waals surface area contributed by atoms with Gasteiger partial charge in [0, 0.05) is 12.7 Å². The van der Waals surface area contributed by atoms with Crippen LogP contribution >= 0.6 is 0 Å². The molecule has 0 unspecified atom stereocenters. The molecule has 3 rings (SSSR count). The minimum absolute atomic E-state index is 0.585. The first kappa shape index (κ1) is 13.9. The molecule has 3 nitrogen and oxygen atoms in total. The molecule has 1 aliphatic rings. The molecule has 3 heteroatoms. The van der Waals surface area contributed by atoms with Crippen molar-refractivity contribution in [3.05, 3.63) is 53.2 Å². The van der Waals surface area contributed by atoms with Crippen LogP contribution in [0.25, 0.3) is 0 Å². The maximum Gasteiger partial charge on any atom is 0.126 e. The van der Waals surface area contributed by atoms with Crippen LogP contribution in [0.1, 0.15) is 36.5 Å². The summed E-state index contributed by atoms with van der Waals surface area (Å²) in [6.07, 6.45) is 6.60. The van der Waals surface area contributed by atoms with Gasteiger partial charge in [-0.3, -0.25) is 0 Å². The highest BCUT2D eigenvalue weighted by molar-refractivity contribution is 5.39. The van der Waals surface area contributed by atoms with Gasteiger partial charge in [0.2, 0.25) is 0 Å². The fraction of sp³-hybridized carbons (Fsp3) is 0.389. The van der Waals surface area contributed by atoms with E-state index in [4.69, 9.17) is 4.74 Å². The van der Waals surface area contributed by atoms with Gasteiger partial charge in [-0.25, -0.2) is 4.98 Å². The molecule has 1 aliphatic carbocycles. The number of aryl methyl sites for hydroxylation is 2. The van der Waals surface area contributed by atoms with Crippen LogP contribution < -0.4 is 10.1 Å². The van der Waals surface area contributed by atoms with Gasteiger partial charge >= 0.3 is 0 Å². The van der Waals surface area contributed by atoms with Crippen molar-refractivity contribution in [3.8, 4) is 5.75 Å². The molecular weight excluding hydrogens is 260 g/mol. The quantitative estimate of drug-likeness (QED) is 0.870. The lowest BCUT2D eigenvalue weighted by atomic mass is 10.1. The number of rotatable bonds is 6. The molecule has 0 amide bonds. The predicted molar refractivity (Wildman–Crippen MR) is 85.8 cm³/mol. The molecule has 0 fully saturated rings. The molecule has 0 atom stereocenters. The standard InChI is InChI=1S/C18H22N2O/c1-2-9-19-18-11-14(8-10-20-18)13-21-17-7-6-15-4-3-5-16(15)12-17/h6-8,10-12H,2-5,9,13H2,1H3,(H,19,20). The van der Waals surface area contributed by atoms with Crippen molar-refractivity contribution < 1.29 is 4.74 Å². The topological polar surface area (TPSA) is 34.1 Å². The number of pyridine rings is 1. The third-order valence-electron chi connectivity index (χ3n) is 3.86. The zero-order valence-electron chi connectivity index (χ0n) is 12.6. The Hall–Kier alpha value is -2.03. The van der Waals surface area contributed by atoms with Crippen LogP contribution in [0.3, 0.4) is 0 Å². The first-order valence-corrected chi connectivity index (χ1v) is 7.78. The van der Waals surface area contributed by atoms with Crippen LogP contribution in [-0.2, 0) is 19.4 Å². The maximum atomic E-state index is 5.92. The molecular formula is C18H22N2O. The number of aromatic nitrogens is 1.